The lowest BCUT2D eigenvalue weighted by Gasteiger charge is -2.25. The summed E-state index contributed by atoms with van der Waals surface area (Å²) < 4.78 is 3.02. The average molecular weight is 406 g/mol. The fraction of sp³-hybridized carbons (Fsp3) is 0.867. The van der Waals surface area contributed by atoms with Crippen LogP contribution in [0.25, 0.3) is 0 Å². The van der Waals surface area contributed by atoms with E-state index in [-0.39, 0.29) is 5.92 Å². The number of Topliss-reactive ketones (excluding diaryl/α,β-unsaturated/α-hetero) is 1. The zero-order valence-electron chi connectivity index (χ0n) is 14.2. The van der Waals surface area contributed by atoms with Crippen molar-refractivity contribution >= 4 is 46.7 Å². The molecule has 1 unspecified atom stereocenters. The van der Waals surface area contributed by atoms with Crippen molar-refractivity contribution in [2.24, 2.45) is 11.7 Å². The monoisotopic (exact) mass is 404 g/mol. The molecule has 0 bridgehead atoms. The number of aliphatic hydroxyl groups excluding tert-OH is 1. The molecule has 24 heavy (non-hydrogen) atoms. The van der Waals surface area contributed by atoms with Crippen LogP contribution in [0.4, 0.5) is 4.79 Å². The molecule has 0 spiro atoms. The number of hydrogen-bond acceptors (Lipinski definition) is 5. The number of carbonyl (C=O) groups excluding carboxylic acids is 2. The number of ketones is 1. The Morgan fingerprint density at radius 1 is 1.29 bits per heavy atom. The van der Waals surface area contributed by atoms with Crippen LogP contribution < -0.4 is 11.1 Å². The van der Waals surface area contributed by atoms with Gasteiger partial charge in [0.1, 0.15) is 12.7 Å². The lowest BCUT2D eigenvalue weighted by atomic mass is 9.93. The number of alkyl halides is 3. The van der Waals surface area contributed by atoms with Gasteiger partial charge in [-0.3, -0.25) is 4.79 Å². The zero-order valence-corrected chi connectivity index (χ0v) is 16.5. The van der Waals surface area contributed by atoms with Crippen LogP contribution in [-0.4, -0.2) is 45.6 Å². The Hall–Kier alpha value is -0.270. The van der Waals surface area contributed by atoms with Crippen LogP contribution in [0.15, 0.2) is 0 Å². The van der Waals surface area contributed by atoms with E-state index in [0.29, 0.717) is 19.3 Å². The summed E-state index contributed by atoms with van der Waals surface area (Å²) in [7, 11) is 0. The van der Waals surface area contributed by atoms with Crippen LogP contribution >= 0.6 is 34.8 Å². The van der Waals surface area contributed by atoms with E-state index in [4.69, 9.17) is 45.3 Å². The smallest absolute Gasteiger partial charge is 0.407 e. The summed E-state index contributed by atoms with van der Waals surface area (Å²) in [5.41, 5.74) is 5.86. The molecule has 0 heterocycles. The number of carbonyl (C=O) groups is 2. The molecule has 0 radical (unpaired) electrons. The maximum absolute atomic E-state index is 12.4. The highest BCUT2D eigenvalue weighted by molar-refractivity contribution is 6.67. The highest BCUT2D eigenvalue weighted by Crippen LogP contribution is 2.25. The summed E-state index contributed by atoms with van der Waals surface area (Å²) in [5, 5.41) is 12.6. The standard InChI is InChI=1S/C15H27Cl3N2O4/c1-4-5-6-11(20-14(23)24-8-15(16,17)18)13(22)12(21)10(19)7-9(2)3/h9-12,21H,4-8,19H2,1-3H3,(H,20,23)/t10-,11-,12?/m0/s1. The van der Waals surface area contributed by atoms with Crippen LogP contribution in [0.5, 0.6) is 0 Å². The van der Waals surface area contributed by atoms with E-state index in [1.807, 2.05) is 20.8 Å². The van der Waals surface area contributed by atoms with Gasteiger partial charge in [-0.1, -0.05) is 68.4 Å². The molecule has 6 nitrogen and oxygen atoms in total. The number of alkyl carbamates (subject to hydrolysis) is 1. The number of nitrogens with two attached hydrogens (primary N) is 1. The first-order valence-corrected chi connectivity index (χ1v) is 9.08. The SMILES string of the molecule is CCCC[C@H](NC(=O)OCC(Cl)(Cl)Cl)C(=O)C(O)[C@@H](N)CC(C)C. The Labute approximate surface area is 158 Å². The first kappa shape index (κ1) is 23.7. The number of ether oxygens (including phenoxy) is 1. The number of halogens is 3. The molecular formula is C15H27Cl3N2O4. The van der Waals surface area contributed by atoms with Crippen molar-refractivity contribution in [1.82, 2.24) is 5.32 Å². The second-order valence-electron chi connectivity index (χ2n) is 6.17. The largest absolute Gasteiger partial charge is 0.445 e. The third kappa shape index (κ3) is 10.6. The van der Waals surface area contributed by atoms with E-state index in [1.54, 1.807) is 0 Å². The molecular weight excluding hydrogens is 379 g/mol. The Morgan fingerprint density at radius 3 is 2.33 bits per heavy atom. The molecule has 0 aromatic heterocycles. The molecule has 0 aromatic rings. The van der Waals surface area contributed by atoms with Crippen molar-refractivity contribution in [3.05, 3.63) is 0 Å². The summed E-state index contributed by atoms with van der Waals surface area (Å²) in [4.78, 5) is 24.2. The third-order valence-corrected chi connectivity index (χ3v) is 3.62. The fourth-order valence-corrected chi connectivity index (χ4v) is 2.28. The van der Waals surface area contributed by atoms with Crippen molar-refractivity contribution in [2.45, 2.75) is 68.4 Å². The average Bonchev–Trinajstić information content (AvgIpc) is 2.46. The molecule has 0 saturated heterocycles. The Balaban J connectivity index is 4.79. The molecule has 0 rings (SSSR count). The number of unbranched alkanes of at least 4 members (excludes halogenated alkanes) is 1. The maximum atomic E-state index is 12.4. The molecule has 4 N–H and O–H groups in total. The fourth-order valence-electron chi connectivity index (χ4n) is 2.12. The number of hydrogen-bond donors (Lipinski definition) is 3. The van der Waals surface area contributed by atoms with E-state index < -0.39 is 40.5 Å². The maximum Gasteiger partial charge on any atom is 0.407 e. The van der Waals surface area contributed by atoms with Gasteiger partial charge in [-0.25, -0.2) is 4.79 Å². The Bertz CT molecular complexity index is 403. The summed E-state index contributed by atoms with van der Waals surface area (Å²) >= 11 is 16.5. The van der Waals surface area contributed by atoms with Gasteiger partial charge in [-0.05, 0) is 18.8 Å². The van der Waals surface area contributed by atoms with Crippen molar-refractivity contribution in [1.29, 1.82) is 0 Å². The molecule has 0 aliphatic heterocycles. The van der Waals surface area contributed by atoms with Gasteiger partial charge in [-0.15, -0.1) is 0 Å². The highest BCUT2D eigenvalue weighted by atomic mass is 35.6. The minimum atomic E-state index is -1.74. The topological polar surface area (TPSA) is 102 Å². The van der Waals surface area contributed by atoms with Crippen molar-refractivity contribution in [3.8, 4) is 0 Å². The van der Waals surface area contributed by atoms with Gasteiger partial charge in [0.2, 0.25) is 3.79 Å². The molecule has 0 saturated carbocycles. The van der Waals surface area contributed by atoms with Crippen LogP contribution in [0.2, 0.25) is 0 Å². The summed E-state index contributed by atoms with van der Waals surface area (Å²) in [6, 6.07) is -1.60. The Morgan fingerprint density at radius 2 is 1.88 bits per heavy atom. The van der Waals surface area contributed by atoms with Crippen LogP contribution in [0, 0.1) is 5.92 Å². The minimum absolute atomic E-state index is 0.235. The Kier molecular flexibility index (Phi) is 11.2. The van der Waals surface area contributed by atoms with E-state index >= 15 is 0 Å². The lowest BCUT2D eigenvalue weighted by Crippen LogP contribution is -2.51. The van der Waals surface area contributed by atoms with E-state index in [1.165, 1.54) is 0 Å². The number of nitrogens with one attached hydrogen (secondary N) is 1. The first-order chi connectivity index (χ1) is 11.0. The molecule has 0 aliphatic carbocycles. The second-order valence-corrected chi connectivity index (χ2v) is 8.69. The van der Waals surface area contributed by atoms with Gasteiger partial charge in [0.05, 0.1) is 6.04 Å². The summed E-state index contributed by atoms with van der Waals surface area (Å²) in [6.45, 7) is 5.38. The number of amides is 1. The minimum Gasteiger partial charge on any atom is -0.445 e. The predicted molar refractivity (Wildman–Crippen MR) is 96.5 cm³/mol. The van der Waals surface area contributed by atoms with Crippen molar-refractivity contribution in [2.75, 3.05) is 6.61 Å². The van der Waals surface area contributed by atoms with Gasteiger partial charge in [-0.2, -0.15) is 0 Å². The quantitative estimate of drug-likeness (QED) is 0.485. The van der Waals surface area contributed by atoms with Gasteiger partial charge >= 0.3 is 6.09 Å². The highest BCUT2D eigenvalue weighted by Gasteiger charge is 2.31. The van der Waals surface area contributed by atoms with E-state index in [0.717, 1.165) is 6.42 Å². The molecule has 3 atom stereocenters. The molecule has 0 fully saturated rings. The van der Waals surface area contributed by atoms with Crippen LogP contribution in [-0.2, 0) is 9.53 Å². The van der Waals surface area contributed by atoms with Crippen molar-refractivity contribution < 1.29 is 19.4 Å². The van der Waals surface area contributed by atoms with E-state index in [9.17, 15) is 14.7 Å². The number of rotatable bonds is 10. The van der Waals surface area contributed by atoms with Gasteiger partial charge in [0.15, 0.2) is 5.78 Å². The van der Waals surface area contributed by atoms with Gasteiger partial charge in [0, 0.05) is 6.04 Å². The predicted octanol–water partition coefficient (Wildman–Crippen LogP) is 2.95. The molecule has 9 heteroatoms. The summed E-state index contributed by atoms with van der Waals surface area (Å²) in [5.74, 6) is -0.304. The number of aliphatic hydroxyl groups is 1. The van der Waals surface area contributed by atoms with Gasteiger partial charge in [0.25, 0.3) is 0 Å². The molecule has 1 amide bonds. The van der Waals surface area contributed by atoms with Crippen LogP contribution in [0.1, 0.15) is 46.5 Å². The zero-order chi connectivity index (χ0) is 18.9. The second kappa shape index (κ2) is 11.4. The van der Waals surface area contributed by atoms with E-state index in [2.05, 4.69) is 5.32 Å². The third-order valence-electron chi connectivity index (χ3n) is 3.29. The molecule has 142 valence electrons. The normalized spacial score (nSPS) is 15.7. The lowest BCUT2D eigenvalue weighted by molar-refractivity contribution is -0.130. The first-order valence-electron chi connectivity index (χ1n) is 7.95. The molecule has 0 aromatic carbocycles. The molecule has 0 aliphatic rings. The van der Waals surface area contributed by atoms with Crippen molar-refractivity contribution in [3.63, 3.8) is 0 Å². The van der Waals surface area contributed by atoms with Crippen LogP contribution in [0.3, 0.4) is 0 Å². The van der Waals surface area contributed by atoms with Gasteiger partial charge < -0.3 is 20.9 Å². The summed E-state index contributed by atoms with van der Waals surface area (Å²) in [6.07, 6.45) is 0.119.